The van der Waals surface area contributed by atoms with Gasteiger partial charge in [-0.2, -0.15) is 0 Å². The topological polar surface area (TPSA) is 53.6 Å². The Hall–Kier alpha value is -1.69. The molecule has 1 unspecified atom stereocenters. The first-order chi connectivity index (χ1) is 9.06. The number of likely N-dealkylation sites (tertiary alicyclic amines) is 1. The molecule has 2 rings (SSSR count). The van der Waals surface area contributed by atoms with E-state index >= 15 is 0 Å². The van der Waals surface area contributed by atoms with Gasteiger partial charge >= 0.3 is 0 Å². The number of nitrogens with one attached hydrogen (secondary N) is 1. The summed E-state index contributed by atoms with van der Waals surface area (Å²) in [5.41, 5.74) is 5.68. The van der Waals surface area contributed by atoms with Crippen molar-refractivity contribution in [3.63, 3.8) is 0 Å². The van der Waals surface area contributed by atoms with Crippen LogP contribution in [0.3, 0.4) is 0 Å². The van der Waals surface area contributed by atoms with Crippen LogP contribution in [0.1, 0.15) is 12.8 Å². The van der Waals surface area contributed by atoms with E-state index in [0.29, 0.717) is 12.6 Å². The average molecular weight is 268 g/mol. The second-order valence-electron chi connectivity index (χ2n) is 4.75. The summed E-state index contributed by atoms with van der Waals surface area (Å²) in [4.78, 5) is 6.40. The van der Waals surface area contributed by atoms with E-state index in [4.69, 9.17) is 5.73 Å². The van der Waals surface area contributed by atoms with Crippen molar-refractivity contribution >= 4 is 11.6 Å². The standard InChI is InChI=1S/C13H18F2N4/c1-19-6-2-3-10(19)8-17-13(16)18-12-7-9(14)4-5-11(12)15/h4-5,7,10H,2-3,6,8H2,1H3,(H3,16,17,18). The number of anilines is 1. The molecule has 1 aromatic rings. The van der Waals surface area contributed by atoms with Crippen LogP contribution in [0.4, 0.5) is 14.5 Å². The van der Waals surface area contributed by atoms with E-state index in [0.717, 1.165) is 37.6 Å². The quantitative estimate of drug-likeness (QED) is 0.649. The number of nitrogens with two attached hydrogens (primary N) is 1. The zero-order valence-corrected chi connectivity index (χ0v) is 10.9. The van der Waals surface area contributed by atoms with E-state index < -0.39 is 11.6 Å². The SMILES string of the molecule is CN1CCCC1CN=C(N)Nc1cc(F)ccc1F. The molecular formula is C13H18F2N4. The second kappa shape index (κ2) is 5.97. The number of guanidine groups is 1. The lowest BCUT2D eigenvalue weighted by Crippen LogP contribution is -2.30. The van der Waals surface area contributed by atoms with Crippen LogP contribution in [0.25, 0.3) is 0 Å². The van der Waals surface area contributed by atoms with Gasteiger partial charge in [-0.1, -0.05) is 0 Å². The largest absolute Gasteiger partial charge is 0.370 e. The van der Waals surface area contributed by atoms with Gasteiger partial charge in [0, 0.05) is 12.1 Å². The van der Waals surface area contributed by atoms with Gasteiger partial charge in [0.25, 0.3) is 0 Å². The predicted octanol–water partition coefficient (Wildman–Crippen LogP) is 1.79. The van der Waals surface area contributed by atoms with Crippen LogP contribution in [-0.4, -0.2) is 37.0 Å². The number of likely N-dealkylation sites (N-methyl/N-ethyl adjacent to an activating group) is 1. The van der Waals surface area contributed by atoms with Crippen molar-refractivity contribution < 1.29 is 8.78 Å². The number of nitrogens with zero attached hydrogens (tertiary/aromatic N) is 2. The first-order valence-electron chi connectivity index (χ1n) is 6.28. The molecule has 0 aromatic heterocycles. The fourth-order valence-electron chi connectivity index (χ4n) is 2.18. The van der Waals surface area contributed by atoms with Crippen molar-refractivity contribution in [1.82, 2.24) is 4.90 Å². The molecule has 0 bridgehead atoms. The molecule has 1 fully saturated rings. The number of hydrogen-bond acceptors (Lipinski definition) is 2. The lowest BCUT2D eigenvalue weighted by atomic mass is 10.2. The Bertz CT molecular complexity index is 476. The van der Waals surface area contributed by atoms with Crippen molar-refractivity contribution in [2.45, 2.75) is 18.9 Å². The summed E-state index contributed by atoms with van der Waals surface area (Å²) in [7, 11) is 2.04. The highest BCUT2D eigenvalue weighted by Gasteiger charge is 2.20. The smallest absolute Gasteiger partial charge is 0.193 e. The minimum atomic E-state index is -0.558. The maximum Gasteiger partial charge on any atom is 0.193 e. The highest BCUT2D eigenvalue weighted by molar-refractivity contribution is 5.92. The Balaban J connectivity index is 1.96. The molecule has 1 aromatic carbocycles. The Labute approximate surface area is 111 Å². The van der Waals surface area contributed by atoms with Gasteiger partial charge in [-0.25, -0.2) is 8.78 Å². The monoisotopic (exact) mass is 268 g/mol. The summed E-state index contributed by atoms with van der Waals surface area (Å²) in [6, 6.07) is 3.54. The Kier molecular flexibility index (Phi) is 4.31. The molecule has 1 aliphatic rings. The van der Waals surface area contributed by atoms with Crippen LogP contribution in [-0.2, 0) is 0 Å². The number of hydrogen-bond donors (Lipinski definition) is 2. The molecule has 0 radical (unpaired) electrons. The fraction of sp³-hybridized carbons (Fsp3) is 0.462. The molecule has 0 amide bonds. The third-order valence-corrected chi connectivity index (χ3v) is 3.34. The molecular weight excluding hydrogens is 250 g/mol. The molecule has 0 aliphatic carbocycles. The Morgan fingerprint density at radius 3 is 3.00 bits per heavy atom. The van der Waals surface area contributed by atoms with Crippen LogP contribution >= 0.6 is 0 Å². The Morgan fingerprint density at radius 1 is 1.53 bits per heavy atom. The van der Waals surface area contributed by atoms with Gasteiger partial charge in [0.05, 0.1) is 12.2 Å². The van der Waals surface area contributed by atoms with Crippen molar-refractivity contribution in [3.05, 3.63) is 29.8 Å². The summed E-state index contributed by atoms with van der Waals surface area (Å²) >= 11 is 0. The lowest BCUT2D eigenvalue weighted by Gasteiger charge is -2.17. The summed E-state index contributed by atoms with van der Waals surface area (Å²) in [6.45, 7) is 1.62. The summed E-state index contributed by atoms with van der Waals surface area (Å²) in [5.74, 6) is -0.977. The van der Waals surface area contributed by atoms with E-state index in [1.165, 1.54) is 0 Å². The highest BCUT2D eigenvalue weighted by Crippen LogP contribution is 2.16. The van der Waals surface area contributed by atoms with Crippen molar-refractivity contribution in [2.75, 3.05) is 25.5 Å². The van der Waals surface area contributed by atoms with Gasteiger partial charge in [-0.15, -0.1) is 0 Å². The molecule has 0 saturated carbocycles. The minimum Gasteiger partial charge on any atom is -0.370 e. The van der Waals surface area contributed by atoms with Gasteiger partial charge in [0.2, 0.25) is 0 Å². The molecule has 1 saturated heterocycles. The highest BCUT2D eigenvalue weighted by atomic mass is 19.1. The molecule has 0 spiro atoms. The van der Waals surface area contributed by atoms with E-state index in [9.17, 15) is 8.78 Å². The predicted molar refractivity (Wildman–Crippen MR) is 72.1 cm³/mol. The van der Waals surface area contributed by atoms with E-state index in [-0.39, 0.29) is 11.6 Å². The molecule has 4 nitrogen and oxygen atoms in total. The normalized spacial score (nSPS) is 20.8. The molecule has 1 atom stereocenters. The zero-order chi connectivity index (χ0) is 13.8. The van der Waals surface area contributed by atoms with E-state index in [1.807, 2.05) is 7.05 Å². The van der Waals surface area contributed by atoms with Gasteiger partial charge in [-0.3, -0.25) is 4.99 Å². The molecule has 1 heterocycles. The second-order valence-corrected chi connectivity index (χ2v) is 4.75. The third kappa shape index (κ3) is 3.64. The number of benzene rings is 1. The fourth-order valence-corrected chi connectivity index (χ4v) is 2.18. The van der Waals surface area contributed by atoms with E-state index in [1.54, 1.807) is 0 Å². The van der Waals surface area contributed by atoms with Gasteiger partial charge in [0.1, 0.15) is 11.6 Å². The van der Waals surface area contributed by atoms with Crippen LogP contribution in [0, 0.1) is 11.6 Å². The zero-order valence-electron chi connectivity index (χ0n) is 10.9. The first-order valence-corrected chi connectivity index (χ1v) is 6.28. The first kappa shape index (κ1) is 13.7. The molecule has 104 valence electrons. The van der Waals surface area contributed by atoms with Crippen LogP contribution < -0.4 is 11.1 Å². The molecule has 19 heavy (non-hydrogen) atoms. The summed E-state index contributed by atoms with van der Waals surface area (Å²) in [5, 5.41) is 2.58. The van der Waals surface area contributed by atoms with Gasteiger partial charge < -0.3 is 16.0 Å². The van der Waals surface area contributed by atoms with Crippen LogP contribution in [0.5, 0.6) is 0 Å². The number of aliphatic imine (C=N–C) groups is 1. The molecule has 6 heteroatoms. The average Bonchev–Trinajstić information content (AvgIpc) is 2.77. The maximum atomic E-state index is 13.4. The summed E-state index contributed by atoms with van der Waals surface area (Å²) < 4.78 is 26.4. The van der Waals surface area contributed by atoms with Gasteiger partial charge in [-0.05, 0) is 38.6 Å². The third-order valence-electron chi connectivity index (χ3n) is 3.34. The lowest BCUT2D eigenvalue weighted by molar-refractivity contribution is 0.317. The van der Waals surface area contributed by atoms with Crippen molar-refractivity contribution in [1.29, 1.82) is 0 Å². The van der Waals surface area contributed by atoms with Gasteiger partial charge in [0.15, 0.2) is 5.96 Å². The maximum absolute atomic E-state index is 13.4. The van der Waals surface area contributed by atoms with Crippen LogP contribution in [0.2, 0.25) is 0 Å². The molecule has 1 aliphatic heterocycles. The number of halogens is 2. The van der Waals surface area contributed by atoms with Crippen molar-refractivity contribution in [2.24, 2.45) is 10.7 Å². The Morgan fingerprint density at radius 2 is 2.32 bits per heavy atom. The van der Waals surface area contributed by atoms with Crippen LogP contribution in [0.15, 0.2) is 23.2 Å². The van der Waals surface area contributed by atoms with Crippen molar-refractivity contribution in [3.8, 4) is 0 Å². The summed E-state index contributed by atoms with van der Waals surface area (Å²) in [6.07, 6.45) is 2.24. The number of rotatable bonds is 3. The van der Waals surface area contributed by atoms with E-state index in [2.05, 4.69) is 15.2 Å². The minimum absolute atomic E-state index is 0.000950. The molecule has 3 N–H and O–H groups in total.